The summed E-state index contributed by atoms with van der Waals surface area (Å²) in [4.78, 5) is 2.14. The SMILES string of the molecule is CCNCCCC(C)OCCN(C)C. The minimum absolute atomic E-state index is 0.397. The average molecular weight is 202 g/mol. The van der Waals surface area contributed by atoms with Gasteiger partial charge in [-0.2, -0.15) is 0 Å². The monoisotopic (exact) mass is 202 g/mol. The Morgan fingerprint density at radius 1 is 1.36 bits per heavy atom. The zero-order valence-corrected chi connectivity index (χ0v) is 10.2. The first kappa shape index (κ1) is 13.9. The molecule has 1 unspecified atom stereocenters. The molecule has 0 saturated carbocycles. The third-order valence-electron chi connectivity index (χ3n) is 2.16. The molecule has 3 nitrogen and oxygen atoms in total. The largest absolute Gasteiger partial charge is 0.377 e. The number of ether oxygens (including phenoxy) is 1. The molecular weight excluding hydrogens is 176 g/mol. The van der Waals surface area contributed by atoms with Gasteiger partial charge in [0.05, 0.1) is 12.7 Å². The maximum atomic E-state index is 5.66. The highest BCUT2D eigenvalue weighted by Gasteiger charge is 2.01. The van der Waals surface area contributed by atoms with Crippen LogP contribution in [0.15, 0.2) is 0 Å². The molecule has 0 fully saturated rings. The van der Waals surface area contributed by atoms with Crippen LogP contribution in [0.4, 0.5) is 0 Å². The molecule has 3 heteroatoms. The summed E-state index contributed by atoms with van der Waals surface area (Å²) in [5, 5.41) is 3.31. The fourth-order valence-electron chi connectivity index (χ4n) is 1.21. The lowest BCUT2D eigenvalue weighted by atomic mass is 10.2. The normalized spacial score (nSPS) is 13.5. The Bertz CT molecular complexity index is 118. The second kappa shape index (κ2) is 9.44. The average Bonchev–Trinajstić information content (AvgIpc) is 2.12. The second-order valence-electron chi connectivity index (χ2n) is 3.98. The molecule has 0 aromatic carbocycles. The summed E-state index contributed by atoms with van der Waals surface area (Å²) < 4.78 is 5.66. The minimum Gasteiger partial charge on any atom is -0.377 e. The quantitative estimate of drug-likeness (QED) is 0.571. The molecule has 0 aliphatic carbocycles. The van der Waals surface area contributed by atoms with E-state index in [1.807, 2.05) is 0 Å². The van der Waals surface area contributed by atoms with Crippen molar-refractivity contribution < 1.29 is 4.74 Å². The van der Waals surface area contributed by atoms with Crippen molar-refractivity contribution in [2.45, 2.75) is 32.8 Å². The van der Waals surface area contributed by atoms with Gasteiger partial charge in [0.15, 0.2) is 0 Å². The highest BCUT2D eigenvalue weighted by atomic mass is 16.5. The molecule has 0 aromatic rings. The third-order valence-corrected chi connectivity index (χ3v) is 2.16. The predicted molar refractivity (Wildman–Crippen MR) is 61.7 cm³/mol. The van der Waals surface area contributed by atoms with Crippen LogP contribution in [0.25, 0.3) is 0 Å². The first-order valence-electron chi connectivity index (χ1n) is 5.63. The van der Waals surface area contributed by atoms with Gasteiger partial charge in [-0.3, -0.25) is 0 Å². The van der Waals surface area contributed by atoms with Crippen molar-refractivity contribution in [2.75, 3.05) is 40.3 Å². The first-order chi connectivity index (χ1) is 6.66. The van der Waals surface area contributed by atoms with E-state index in [2.05, 4.69) is 38.2 Å². The molecule has 0 bridgehead atoms. The van der Waals surface area contributed by atoms with Crippen molar-refractivity contribution in [3.8, 4) is 0 Å². The molecule has 0 aliphatic heterocycles. The van der Waals surface area contributed by atoms with Gasteiger partial charge in [-0.05, 0) is 47.0 Å². The molecule has 0 rings (SSSR count). The summed E-state index contributed by atoms with van der Waals surface area (Å²) in [6, 6.07) is 0. The molecule has 1 atom stereocenters. The van der Waals surface area contributed by atoms with Crippen molar-refractivity contribution in [1.82, 2.24) is 10.2 Å². The van der Waals surface area contributed by atoms with Gasteiger partial charge in [-0.15, -0.1) is 0 Å². The van der Waals surface area contributed by atoms with Crippen LogP contribution in [0.3, 0.4) is 0 Å². The molecule has 0 amide bonds. The molecular formula is C11H26N2O. The fraction of sp³-hybridized carbons (Fsp3) is 1.00. The Labute approximate surface area is 88.8 Å². The molecule has 0 radical (unpaired) electrons. The smallest absolute Gasteiger partial charge is 0.0596 e. The van der Waals surface area contributed by atoms with E-state index >= 15 is 0 Å². The number of hydrogen-bond donors (Lipinski definition) is 1. The summed E-state index contributed by atoms with van der Waals surface area (Å²) >= 11 is 0. The number of rotatable bonds is 9. The number of hydrogen-bond acceptors (Lipinski definition) is 3. The van der Waals surface area contributed by atoms with Crippen LogP contribution in [0.5, 0.6) is 0 Å². The topological polar surface area (TPSA) is 24.5 Å². The summed E-state index contributed by atoms with van der Waals surface area (Å²) in [7, 11) is 4.14. The van der Waals surface area contributed by atoms with E-state index in [0.717, 1.165) is 32.7 Å². The Kier molecular flexibility index (Phi) is 9.35. The summed E-state index contributed by atoms with van der Waals surface area (Å²) in [6.45, 7) is 8.32. The molecule has 14 heavy (non-hydrogen) atoms. The van der Waals surface area contributed by atoms with Crippen molar-refractivity contribution >= 4 is 0 Å². The summed E-state index contributed by atoms with van der Waals surface area (Å²) in [5.41, 5.74) is 0. The van der Waals surface area contributed by atoms with Gasteiger partial charge in [-0.25, -0.2) is 0 Å². The van der Waals surface area contributed by atoms with E-state index in [0.29, 0.717) is 6.10 Å². The van der Waals surface area contributed by atoms with Crippen LogP contribution in [0.1, 0.15) is 26.7 Å². The van der Waals surface area contributed by atoms with Gasteiger partial charge in [-0.1, -0.05) is 6.92 Å². The summed E-state index contributed by atoms with van der Waals surface area (Å²) in [5.74, 6) is 0. The standard InChI is InChI=1S/C11H26N2O/c1-5-12-8-6-7-11(2)14-10-9-13(3)4/h11-12H,5-10H2,1-4H3. The molecule has 0 aromatic heterocycles. The molecule has 0 heterocycles. The van der Waals surface area contributed by atoms with Crippen LogP contribution in [0.2, 0.25) is 0 Å². The predicted octanol–water partition coefficient (Wildman–Crippen LogP) is 1.34. The van der Waals surface area contributed by atoms with Gasteiger partial charge in [0, 0.05) is 6.54 Å². The fourth-order valence-corrected chi connectivity index (χ4v) is 1.21. The van der Waals surface area contributed by atoms with Gasteiger partial charge in [0.1, 0.15) is 0 Å². The highest BCUT2D eigenvalue weighted by molar-refractivity contribution is 4.53. The Morgan fingerprint density at radius 3 is 2.64 bits per heavy atom. The zero-order chi connectivity index (χ0) is 10.8. The highest BCUT2D eigenvalue weighted by Crippen LogP contribution is 2.00. The van der Waals surface area contributed by atoms with E-state index in [9.17, 15) is 0 Å². The van der Waals surface area contributed by atoms with Gasteiger partial charge in [0.25, 0.3) is 0 Å². The zero-order valence-electron chi connectivity index (χ0n) is 10.2. The molecule has 0 spiro atoms. The Morgan fingerprint density at radius 2 is 2.07 bits per heavy atom. The van der Waals surface area contributed by atoms with Crippen LogP contribution in [0, 0.1) is 0 Å². The van der Waals surface area contributed by atoms with Crippen molar-refractivity contribution in [3.63, 3.8) is 0 Å². The van der Waals surface area contributed by atoms with Crippen molar-refractivity contribution in [2.24, 2.45) is 0 Å². The lowest BCUT2D eigenvalue weighted by Gasteiger charge is -2.15. The Hall–Kier alpha value is -0.120. The lowest BCUT2D eigenvalue weighted by Crippen LogP contribution is -2.22. The van der Waals surface area contributed by atoms with Crippen LogP contribution >= 0.6 is 0 Å². The number of likely N-dealkylation sites (N-methyl/N-ethyl adjacent to an activating group) is 1. The van der Waals surface area contributed by atoms with Gasteiger partial charge in [0.2, 0.25) is 0 Å². The number of nitrogens with zero attached hydrogens (tertiary/aromatic N) is 1. The van der Waals surface area contributed by atoms with Crippen LogP contribution < -0.4 is 5.32 Å². The minimum atomic E-state index is 0.397. The van der Waals surface area contributed by atoms with E-state index in [1.165, 1.54) is 6.42 Å². The van der Waals surface area contributed by atoms with E-state index in [1.54, 1.807) is 0 Å². The molecule has 0 saturated heterocycles. The van der Waals surface area contributed by atoms with Crippen LogP contribution in [-0.2, 0) is 4.74 Å². The molecule has 0 aliphatic rings. The molecule has 1 N–H and O–H groups in total. The van der Waals surface area contributed by atoms with E-state index in [4.69, 9.17) is 4.74 Å². The maximum Gasteiger partial charge on any atom is 0.0596 e. The number of nitrogens with one attached hydrogen (secondary N) is 1. The Balaban J connectivity index is 3.15. The lowest BCUT2D eigenvalue weighted by molar-refractivity contribution is 0.0497. The maximum absolute atomic E-state index is 5.66. The summed E-state index contributed by atoms with van der Waals surface area (Å²) in [6.07, 6.45) is 2.76. The van der Waals surface area contributed by atoms with Crippen molar-refractivity contribution in [3.05, 3.63) is 0 Å². The molecule has 86 valence electrons. The second-order valence-corrected chi connectivity index (χ2v) is 3.98. The van der Waals surface area contributed by atoms with Gasteiger partial charge >= 0.3 is 0 Å². The van der Waals surface area contributed by atoms with E-state index < -0.39 is 0 Å². The van der Waals surface area contributed by atoms with E-state index in [-0.39, 0.29) is 0 Å². The van der Waals surface area contributed by atoms with Crippen molar-refractivity contribution in [1.29, 1.82) is 0 Å². The third kappa shape index (κ3) is 9.96. The first-order valence-corrected chi connectivity index (χ1v) is 5.63. The van der Waals surface area contributed by atoms with Gasteiger partial charge < -0.3 is 15.0 Å². The van der Waals surface area contributed by atoms with Crippen LogP contribution in [-0.4, -0.2) is 51.3 Å².